The van der Waals surface area contributed by atoms with E-state index in [-0.39, 0.29) is 6.10 Å². The minimum Gasteiger partial charge on any atom is -0.377 e. The van der Waals surface area contributed by atoms with Crippen molar-refractivity contribution >= 4 is 28.8 Å². The smallest absolute Gasteiger partial charge is 0.0806 e. The molecule has 0 aromatic carbocycles. The van der Waals surface area contributed by atoms with Gasteiger partial charge in [-0.05, 0) is 121 Å². The molecule has 4 fully saturated rings. The molecule has 0 aliphatic heterocycles. The normalized spacial score (nSPS) is 38.5. The Morgan fingerprint density at radius 1 is 1.09 bits per heavy atom. The average molecular weight is 547 g/mol. The summed E-state index contributed by atoms with van der Waals surface area (Å²) in [6.45, 7) is 5.18. The Morgan fingerprint density at radius 2 is 1.81 bits per heavy atom. The van der Waals surface area contributed by atoms with E-state index in [4.69, 9.17) is 4.74 Å². The van der Waals surface area contributed by atoms with Crippen molar-refractivity contribution < 1.29 is 4.74 Å². The number of ether oxygens (including phenoxy) is 1. The summed E-state index contributed by atoms with van der Waals surface area (Å²) >= 11 is 2.36. The van der Waals surface area contributed by atoms with Gasteiger partial charge in [-0.1, -0.05) is 23.3 Å². The maximum Gasteiger partial charge on any atom is 0.0806 e. The molecule has 6 aliphatic rings. The van der Waals surface area contributed by atoms with E-state index in [0.717, 1.165) is 43.8 Å². The van der Waals surface area contributed by atoms with Crippen molar-refractivity contribution in [2.45, 2.75) is 64.4 Å². The molecule has 0 aromatic heterocycles. The molecule has 0 amide bonds. The first-order chi connectivity index (χ1) is 15.5. The molecular formula is C28H39IN2O. The van der Waals surface area contributed by atoms with E-state index in [1.165, 1.54) is 59.7 Å². The number of allylic oxidation sites excluding steroid dienone is 5. The number of hydrogen-bond acceptors (Lipinski definition) is 3. The van der Waals surface area contributed by atoms with Gasteiger partial charge in [0.1, 0.15) is 0 Å². The van der Waals surface area contributed by atoms with Crippen LogP contribution in [0.15, 0.2) is 49.6 Å². The zero-order chi connectivity index (χ0) is 22.1. The van der Waals surface area contributed by atoms with Gasteiger partial charge in [0, 0.05) is 36.4 Å². The lowest BCUT2D eigenvalue weighted by Gasteiger charge is -2.58. The van der Waals surface area contributed by atoms with Gasteiger partial charge in [-0.25, -0.2) is 0 Å². The highest BCUT2D eigenvalue weighted by Crippen LogP contribution is 2.63. The maximum atomic E-state index is 5.49. The number of methoxy groups -OCH3 is 1. The van der Waals surface area contributed by atoms with Crippen LogP contribution in [0.25, 0.3) is 0 Å². The van der Waals surface area contributed by atoms with Gasteiger partial charge in [0.15, 0.2) is 0 Å². The molecule has 3 nitrogen and oxygen atoms in total. The Kier molecular flexibility index (Phi) is 7.11. The molecule has 4 saturated carbocycles. The predicted molar refractivity (Wildman–Crippen MR) is 142 cm³/mol. The van der Waals surface area contributed by atoms with Crippen LogP contribution in [0.4, 0.5) is 0 Å². The second-order valence-electron chi connectivity index (χ2n) is 11.2. The van der Waals surface area contributed by atoms with E-state index in [2.05, 4.69) is 64.1 Å². The van der Waals surface area contributed by atoms with Crippen molar-refractivity contribution in [2.75, 3.05) is 26.7 Å². The molecule has 0 spiro atoms. The minimum absolute atomic E-state index is 0.184. The quantitative estimate of drug-likeness (QED) is 0.217. The lowest BCUT2D eigenvalue weighted by molar-refractivity contribution is -0.0329. The van der Waals surface area contributed by atoms with Crippen LogP contribution in [0.2, 0.25) is 0 Å². The second-order valence-corrected chi connectivity index (χ2v) is 12.5. The summed E-state index contributed by atoms with van der Waals surface area (Å²) in [6.07, 6.45) is 22.9. The van der Waals surface area contributed by atoms with E-state index in [1.54, 1.807) is 12.7 Å². The third-order valence-electron chi connectivity index (χ3n) is 8.59. The second kappa shape index (κ2) is 9.87. The van der Waals surface area contributed by atoms with Gasteiger partial charge in [0.2, 0.25) is 0 Å². The Labute approximate surface area is 208 Å². The summed E-state index contributed by atoms with van der Waals surface area (Å²) in [5, 5.41) is 3.69. The van der Waals surface area contributed by atoms with Gasteiger partial charge >= 0.3 is 0 Å². The summed E-state index contributed by atoms with van der Waals surface area (Å²) in [5.74, 6) is 3.72. The van der Waals surface area contributed by atoms with Gasteiger partial charge in [-0.15, -0.1) is 0 Å². The fraction of sp³-hybridized carbons (Fsp3) is 0.679. The van der Waals surface area contributed by atoms with Crippen molar-refractivity contribution in [2.24, 2.45) is 34.1 Å². The number of aliphatic imine (C=N–C) groups is 1. The summed E-state index contributed by atoms with van der Waals surface area (Å²) in [4.78, 5) is 4.67. The van der Waals surface area contributed by atoms with Crippen LogP contribution in [0, 0.1) is 29.1 Å². The van der Waals surface area contributed by atoms with E-state index in [0.29, 0.717) is 11.3 Å². The maximum absolute atomic E-state index is 5.49. The molecule has 2 atom stereocenters. The molecular weight excluding hydrogens is 507 g/mol. The van der Waals surface area contributed by atoms with E-state index < -0.39 is 0 Å². The van der Waals surface area contributed by atoms with Crippen LogP contribution in [-0.4, -0.2) is 39.1 Å². The van der Waals surface area contributed by atoms with Gasteiger partial charge < -0.3 is 10.1 Å². The minimum atomic E-state index is 0.184. The molecule has 6 rings (SSSR count). The van der Waals surface area contributed by atoms with Crippen molar-refractivity contribution in [3.8, 4) is 0 Å². The number of hydrogen-bond donors (Lipinski definition) is 1. The highest BCUT2D eigenvalue weighted by Gasteiger charge is 2.52. The molecule has 1 N–H and O–H groups in total. The number of nitrogens with one attached hydrogen (secondary N) is 1. The van der Waals surface area contributed by atoms with Crippen molar-refractivity contribution in [3.05, 3.63) is 44.6 Å². The molecule has 0 saturated heterocycles. The monoisotopic (exact) mass is 546 g/mol. The standard InChI is InChI=1S/C28H39IN2O/c1-19-5-23(17-30-3-4-31-18-24-11-26(29)13-27(12-24)32-2)10-25(6-19)28-14-20-7-21(15-28)9-22(8-20)16-28/h5-6,11,13,18,20-23,27,30H,3-4,7-10,12,14-17H2,1-2H3/b31-18+. The van der Waals surface area contributed by atoms with Crippen LogP contribution in [0.1, 0.15) is 58.3 Å². The largest absolute Gasteiger partial charge is 0.377 e. The lowest BCUT2D eigenvalue weighted by atomic mass is 9.47. The Bertz CT molecular complexity index is 829. The van der Waals surface area contributed by atoms with E-state index in [1.807, 2.05) is 6.21 Å². The molecule has 2 unspecified atom stereocenters. The first-order valence-corrected chi connectivity index (χ1v) is 13.8. The highest BCUT2D eigenvalue weighted by molar-refractivity contribution is 14.1. The molecule has 6 aliphatic carbocycles. The molecule has 174 valence electrons. The zero-order valence-corrected chi connectivity index (χ0v) is 21.9. The summed E-state index contributed by atoms with van der Waals surface area (Å²) in [6, 6.07) is 0. The van der Waals surface area contributed by atoms with Crippen molar-refractivity contribution in [1.82, 2.24) is 5.32 Å². The van der Waals surface area contributed by atoms with Crippen LogP contribution in [-0.2, 0) is 4.74 Å². The van der Waals surface area contributed by atoms with Crippen molar-refractivity contribution in [1.29, 1.82) is 0 Å². The van der Waals surface area contributed by atoms with Gasteiger partial charge in [-0.3, -0.25) is 4.99 Å². The Morgan fingerprint density at radius 3 is 2.50 bits per heavy atom. The van der Waals surface area contributed by atoms with Gasteiger partial charge in [0.25, 0.3) is 0 Å². The first-order valence-electron chi connectivity index (χ1n) is 12.7. The number of nitrogens with zero attached hydrogens (tertiary/aromatic N) is 1. The predicted octanol–water partition coefficient (Wildman–Crippen LogP) is 6.42. The summed E-state index contributed by atoms with van der Waals surface area (Å²) < 4.78 is 6.73. The number of halogens is 1. The van der Waals surface area contributed by atoms with Crippen molar-refractivity contribution in [3.63, 3.8) is 0 Å². The molecule has 4 bridgehead atoms. The molecule has 0 heterocycles. The topological polar surface area (TPSA) is 33.6 Å². The SMILES string of the molecule is COC1C=C(I)C=C(/C=N/CCNCC2C=C(C)C=C(C34CC5CC(CC(C5)C3)C4)C2)C1. The van der Waals surface area contributed by atoms with E-state index in [9.17, 15) is 0 Å². The van der Waals surface area contributed by atoms with E-state index >= 15 is 0 Å². The Hall–Kier alpha value is -0.720. The molecule has 0 aromatic rings. The van der Waals surface area contributed by atoms with Crippen LogP contribution in [0.3, 0.4) is 0 Å². The zero-order valence-electron chi connectivity index (χ0n) is 19.8. The highest BCUT2D eigenvalue weighted by atomic mass is 127. The number of rotatable bonds is 8. The lowest BCUT2D eigenvalue weighted by Crippen LogP contribution is -2.47. The van der Waals surface area contributed by atoms with Gasteiger partial charge in [-0.2, -0.15) is 0 Å². The fourth-order valence-corrected chi connectivity index (χ4v) is 8.51. The molecule has 0 radical (unpaired) electrons. The molecule has 32 heavy (non-hydrogen) atoms. The molecule has 4 heteroatoms. The summed E-state index contributed by atoms with van der Waals surface area (Å²) in [7, 11) is 1.78. The fourth-order valence-electron chi connectivity index (χ4n) is 7.71. The third kappa shape index (κ3) is 5.17. The third-order valence-corrected chi connectivity index (χ3v) is 9.26. The summed E-state index contributed by atoms with van der Waals surface area (Å²) in [5.41, 5.74) is 5.12. The van der Waals surface area contributed by atoms with Gasteiger partial charge in [0.05, 0.1) is 12.6 Å². The van der Waals surface area contributed by atoms with Crippen LogP contribution in [0.5, 0.6) is 0 Å². The van der Waals surface area contributed by atoms with Crippen LogP contribution < -0.4 is 5.32 Å². The Balaban J connectivity index is 1.10. The average Bonchev–Trinajstić information content (AvgIpc) is 2.74. The first kappa shape index (κ1) is 23.0. The van der Waals surface area contributed by atoms with Crippen LogP contribution >= 0.6 is 22.6 Å².